The molecule has 0 bridgehead atoms. The third-order valence-corrected chi connectivity index (χ3v) is 1.08. The molecule has 0 aliphatic heterocycles. The molecule has 0 radical (unpaired) electrons. The fourth-order valence-electron chi connectivity index (χ4n) is 0.604. The molecule has 0 aromatic carbocycles. The maximum absolute atomic E-state index is 10.4. The maximum atomic E-state index is 10.4. The standard InChI is InChI=1S/C6H14N2O.ClH/c1-4-8(5-2)7-6(3)9;/h4-5H2,1-3H3,(H,7,9);1H. The Bertz CT molecular complexity index is 93.7. The Labute approximate surface area is 68.2 Å². The average molecular weight is 167 g/mol. The summed E-state index contributed by atoms with van der Waals surface area (Å²) in [4.78, 5) is 10.4. The van der Waals surface area contributed by atoms with Crippen LogP contribution < -0.4 is 5.43 Å². The van der Waals surface area contributed by atoms with Crippen LogP contribution in [0, 0.1) is 0 Å². The number of rotatable bonds is 3. The Balaban J connectivity index is 0. The summed E-state index contributed by atoms with van der Waals surface area (Å²) in [6, 6.07) is 0. The summed E-state index contributed by atoms with van der Waals surface area (Å²) < 4.78 is 0. The van der Waals surface area contributed by atoms with Gasteiger partial charge in [0, 0.05) is 20.0 Å². The maximum Gasteiger partial charge on any atom is 0.231 e. The second-order valence-electron chi connectivity index (χ2n) is 1.84. The van der Waals surface area contributed by atoms with E-state index in [1.54, 1.807) is 0 Å². The quantitative estimate of drug-likeness (QED) is 0.630. The molecule has 0 aromatic rings. The summed E-state index contributed by atoms with van der Waals surface area (Å²) in [7, 11) is 0. The van der Waals surface area contributed by atoms with Gasteiger partial charge in [0.15, 0.2) is 0 Å². The van der Waals surface area contributed by atoms with E-state index in [1.807, 2.05) is 18.9 Å². The number of hydrogen-bond acceptors (Lipinski definition) is 2. The largest absolute Gasteiger partial charge is 0.289 e. The lowest BCUT2D eigenvalue weighted by Crippen LogP contribution is -2.40. The summed E-state index contributed by atoms with van der Waals surface area (Å²) in [6.45, 7) is 7.23. The van der Waals surface area contributed by atoms with Crippen LogP contribution in [0.2, 0.25) is 0 Å². The Morgan fingerprint density at radius 1 is 1.40 bits per heavy atom. The minimum absolute atomic E-state index is 0. The van der Waals surface area contributed by atoms with E-state index >= 15 is 0 Å². The van der Waals surface area contributed by atoms with Crippen LogP contribution in [0.15, 0.2) is 0 Å². The lowest BCUT2D eigenvalue weighted by Gasteiger charge is -2.17. The third kappa shape index (κ3) is 5.85. The topological polar surface area (TPSA) is 32.3 Å². The first-order valence-electron chi connectivity index (χ1n) is 3.22. The van der Waals surface area contributed by atoms with Crippen molar-refractivity contribution < 1.29 is 4.79 Å². The van der Waals surface area contributed by atoms with Gasteiger partial charge in [-0.1, -0.05) is 13.8 Å². The number of nitrogens with zero attached hydrogens (tertiary/aromatic N) is 1. The SMILES string of the molecule is CCN(CC)NC(C)=O.Cl. The minimum atomic E-state index is -0.00120. The number of carbonyl (C=O) groups is 1. The van der Waals surface area contributed by atoms with E-state index in [-0.39, 0.29) is 18.3 Å². The zero-order chi connectivity index (χ0) is 7.28. The van der Waals surface area contributed by atoms with E-state index in [0.717, 1.165) is 13.1 Å². The summed E-state index contributed by atoms with van der Waals surface area (Å²) >= 11 is 0. The van der Waals surface area contributed by atoms with E-state index in [4.69, 9.17) is 0 Å². The molecule has 1 N–H and O–H groups in total. The molecule has 0 spiro atoms. The first-order chi connectivity index (χ1) is 4.20. The molecule has 0 unspecified atom stereocenters. The van der Waals surface area contributed by atoms with Crippen LogP contribution in [-0.2, 0) is 4.79 Å². The lowest BCUT2D eigenvalue weighted by atomic mass is 10.6. The molecule has 0 atom stereocenters. The Morgan fingerprint density at radius 2 is 1.80 bits per heavy atom. The van der Waals surface area contributed by atoms with Crippen LogP contribution in [0.25, 0.3) is 0 Å². The van der Waals surface area contributed by atoms with Crippen molar-refractivity contribution in [2.75, 3.05) is 13.1 Å². The highest BCUT2D eigenvalue weighted by molar-refractivity contribution is 5.85. The van der Waals surface area contributed by atoms with Gasteiger partial charge in [0.05, 0.1) is 0 Å². The van der Waals surface area contributed by atoms with Gasteiger partial charge in [0.25, 0.3) is 0 Å². The molecule has 0 rings (SSSR count). The van der Waals surface area contributed by atoms with Crippen molar-refractivity contribution in [1.29, 1.82) is 0 Å². The number of hydrogen-bond donors (Lipinski definition) is 1. The van der Waals surface area contributed by atoms with Crippen molar-refractivity contribution in [3.63, 3.8) is 0 Å². The van der Waals surface area contributed by atoms with Gasteiger partial charge in [0.2, 0.25) is 5.91 Å². The molecule has 0 aliphatic rings. The molecule has 0 aliphatic carbocycles. The zero-order valence-electron chi connectivity index (χ0n) is 6.68. The van der Waals surface area contributed by atoms with E-state index in [9.17, 15) is 4.79 Å². The van der Waals surface area contributed by atoms with Crippen molar-refractivity contribution in [2.45, 2.75) is 20.8 Å². The molecule has 0 saturated heterocycles. The van der Waals surface area contributed by atoms with Crippen LogP contribution in [0.4, 0.5) is 0 Å². The van der Waals surface area contributed by atoms with Gasteiger partial charge in [-0.2, -0.15) is 0 Å². The summed E-state index contributed by atoms with van der Waals surface area (Å²) in [5, 5.41) is 1.85. The Kier molecular flexibility index (Phi) is 8.48. The first-order valence-corrected chi connectivity index (χ1v) is 3.22. The third-order valence-electron chi connectivity index (χ3n) is 1.08. The van der Waals surface area contributed by atoms with Gasteiger partial charge >= 0.3 is 0 Å². The van der Waals surface area contributed by atoms with Crippen molar-refractivity contribution in [1.82, 2.24) is 10.4 Å². The molecule has 0 fully saturated rings. The molecule has 0 heterocycles. The monoisotopic (exact) mass is 166 g/mol. The second-order valence-corrected chi connectivity index (χ2v) is 1.84. The molecule has 62 valence electrons. The van der Waals surface area contributed by atoms with Gasteiger partial charge in [-0.3, -0.25) is 10.2 Å². The molecule has 0 saturated carbocycles. The Morgan fingerprint density at radius 3 is 1.90 bits per heavy atom. The second kappa shape index (κ2) is 6.83. The van der Waals surface area contributed by atoms with Crippen LogP contribution >= 0.6 is 12.4 Å². The number of nitrogens with one attached hydrogen (secondary N) is 1. The van der Waals surface area contributed by atoms with Crippen LogP contribution in [0.3, 0.4) is 0 Å². The number of amides is 1. The molecule has 1 amide bonds. The minimum Gasteiger partial charge on any atom is -0.289 e. The molecular formula is C6H15ClN2O. The highest BCUT2D eigenvalue weighted by Gasteiger charge is 1.97. The summed E-state index contributed by atoms with van der Waals surface area (Å²) in [5.41, 5.74) is 2.67. The van der Waals surface area contributed by atoms with Gasteiger partial charge in [-0.05, 0) is 0 Å². The molecule has 3 nitrogen and oxygen atoms in total. The van der Waals surface area contributed by atoms with Gasteiger partial charge in [-0.15, -0.1) is 12.4 Å². The Hall–Kier alpha value is -0.280. The fourth-order valence-corrected chi connectivity index (χ4v) is 0.604. The highest BCUT2D eigenvalue weighted by Crippen LogP contribution is 1.77. The smallest absolute Gasteiger partial charge is 0.231 e. The van der Waals surface area contributed by atoms with Crippen LogP contribution in [0.5, 0.6) is 0 Å². The van der Waals surface area contributed by atoms with E-state index in [0.29, 0.717) is 0 Å². The molecule has 4 heteroatoms. The van der Waals surface area contributed by atoms with Crippen LogP contribution in [0.1, 0.15) is 20.8 Å². The lowest BCUT2D eigenvalue weighted by molar-refractivity contribution is -0.123. The molecule has 0 aromatic heterocycles. The number of halogens is 1. The average Bonchev–Trinajstić information content (AvgIpc) is 1.82. The molecular weight excluding hydrogens is 152 g/mol. The normalized spacial score (nSPS) is 8.80. The van der Waals surface area contributed by atoms with Crippen molar-refractivity contribution in [3.05, 3.63) is 0 Å². The summed E-state index contributed by atoms with van der Waals surface area (Å²) in [5.74, 6) is -0.00120. The predicted molar refractivity (Wildman–Crippen MR) is 44.0 cm³/mol. The van der Waals surface area contributed by atoms with Crippen LogP contribution in [-0.4, -0.2) is 24.0 Å². The van der Waals surface area contributed by atoms with E-state index in [1.165, 1.54) is 6.92 Å². The van der Waals surface area contributed by atoms with E-state index in [2.05, 4.69) is 5.43 Å². The zero-order valence-corrected chi connectivity index (χ0v) is 7.49. The van der Waals surface area contributed by atoms with E-state index < -0.39 is 0 Å². The van der Waals surface area contributed by atoms with Gasteiger partial charge in [-0.25, -0.2) is 5.01 Å². The number of hydrazine groups is 1. The fraction of sp³-hybridized carbons (Fsp3) is 0.833. The molecule has 10 heavy (non-hydrogen) atoms. The number of carbonyl (C=O) groups excluding carboxylic acids is 1. The van der Waals surface area contributed by atoms with Crippen molar-refractivity contribution >= 4 is 18.3 Å². The van der Waals surface area contributed by atoms with Gasteiger partial charge in [0.1, 0.15) is 0 Å². The highest BCUT2D eigenvalue weighted by atomic mass is 35.5. The van der Waals surface area contributed by atoms with Gasteiger partial charge < -0.3 is 0 Å². The van der Waals surface area contributed by atoms with Crippen molar-refractivity contribution in [3.8, 4) is 0 Å². The predicted octanol–water partition coefficient (Wildman–Crippen LogP) is 0.801. The van der Waals surface area contributed by atoms with Crippen molar-refractivity contribution in [2.24, 2.45) is 0 Å². The summed E-state index contributed by atoms with van der Waals surface area (Å²) in [6.07, 6.45) is 0. The first kappa shape index (κ1) is 12.4.